The molecule has 90 valence electrons. The van der Waals surface area contributed by atoms with Gasteiger partial charge in [0, 0.05) is 13.5 Å². The van der Waals surface area contributed by atoms with Crippen LogP contribution in [0.5, 0.6) is 0 Å². The van der Waals surface area contributed by atoms with Gasteiger partial charge in [-0.25, -0.2) is 0 Å². The Bertz CT molecular complexity index is 276. The molecule has 16 heavy (non-hydrogen) atoms. The number of ether oxygens (including phenoxy) is 2. The number of benzene rings is 1. The van der Waals surface area contributed by atoms with E-state index >= 15 is 0 Å². The quantitative estimate of drug-likeness (QED) is 0.540. The molecule has 4 heteroatoms. The smallest absolute Gasteiger partial charge is 0.146 e. The Morgan fingerprint density at radius 3 is 2.50 bits per heavy atom. The second kappa shape index (κ2) is 7.35. The van der Waals surface area contributed by atoms with Gasteiger partial charge in [-0.1, -0.05) is 30.3 Å². The average molecular weight is 226 g/mol. The molecule has 2 N–H and O–H groups in total. The zero-order chi connectivity index (χ0) is 11.8. The van der Waals surface area contributed by atoms with Crippen LogP contribution in [0.4, 0.5) is 0 Å². The highest BCUT2D eigenvalue weighted by molar-refractivity contribution is 5.17. The maximum atomic E-state index is 9.80. The topological polar surface area (TPSA) is 58.9 Å². The van der Waals surface area contributed by atoms with Crippen molar-refractivity contribution >= 4 is 0 Å². The zero-order valence-corrected chi connectivity index (χ0v) is 9.37. The Morgan fingerprint density at radius 2 is 1.88 bits per heavy atom. The highest BCUT2D eigenvalue weighted by Gasteiger charge is 2.13. The third-order valence-corrected chi connectivity index (χ3v) is 2.19. The van der Waals surface area contributed by atoms with E-state index in [-0.39, 0.29) is 19.8 Å². The summed E-state index contributed by atoms with van der Waals surface area (Å²) in [6.45, 7) is 0.316. The summed E-state index contributed by atoms with van der Waals surface area (Å²) >= 11 is 0. The molecule has 0 aromatic heterocycles. The summed E-state index contributed by atoms with van der Waals surface area (Å²) in [5, 5.41) is 19.4. The van der Waals surface area contributed by atoms with Gasteiger partial charge >= 0.3 is 0 Å². The van der Waals surface area contributed by atoms with Gasteiger partial charge in [-0.05, 0) is 5.56 Å². The van der Waals surface area contributed by atoms with Crippen molar-refractivity contribution in [3.63, 3.8) is 0 Å². The first-order chi connectivity index (χ1) is 7.74. The summed E-state index contributed by atoms with van der Waals surface area (Å²) in [6, 6.07) is 9.24. The van der Waals surface area contributed by atoms with Crippen LogP contribution in [0.15, 0.2) is 30.3 Å². The minimum Gasteiger partial charge on any atom is -0.391 e. The van der Waals surface area contributed by atoms with Crippen LogP contribution in [0.2, 0.25) is 0 Å². The molecule has 0 amide bonds. The molecule has 2 atom stereocenters. The molecule has 1 aromatic carbocycles. The maximum absolute atomic E-state index is 9.80. The largest absolute Gasteiger partial charge is 0.391 e. The van der Waals surface area contributed by atoms with Crippen molar-refractivity contribution in [1.29, 1.82) is 0 Å². The molecule has 4 nitrogen and oxygen atoms in total. The molecule has 0 aliphatic rings. The molecule has 0 fully saturated rings. The van der Waals surface area contributed by atoms with E-state index in [1.165, 1.54) is 7.11 Å². The zero-order valence-electron chi connectivity index (χ0n) is 9.37. The SMILES string of the molecule is COCOC[C@H](O)C[C@H](O)c1ccccc1. The number of hydrogen-bond acceptors (Lipinski definition) is 4. The van der Waals surface area contributed by atoms with Crippen LogP contribution in [-0.4, -0.2) is 36.8 Å². The number of rotatable bonds is 7. The van der Waals surface area contributed by atoms with Crippen molar-refractivity contribution in [3.05, 3.63) is 35.9 Å². The first-order valence-corrected chi connectivity index (χ1v) is 5.21. The van der Waals surface area contributed by atoms with Crippen LogP contribution in [0, 0.1) is 0 Å². The van der Waals surface area contributed by atoms with E-state index in [0.717, 1.165) is 5.56 Å². The number of aliphatic hydroxyl groups is 2. The van der Waals surface area contributed by atoms with E-state index in [2.05, 4.69) is 4.74 Å². The van der Waals surface area contributed by atoms with Gasteiger partial charge in [0.1, 0.15) is 6.79 Å². The molecule has 0 aliphatic carbocycles. The van der Waals surface area contributed by atoms with Crippen LogP contribution >= 0.6 is 0 Å². The van der Waals surface area contributed by atoms with Crippen LogP contribution in [0.3, 0.4) is 0 Å². The highest BCUT2D eigenvalue weighted by Crippen LogP contribution is 2.17. The van der Waals surface area contributed by atoms with Crippen LogP contribution in [-0.2, 0) is 9.47 Å². The summed E-state index contributed by atoms with van der Waals surface area (Å²) in [6.07, 6.45) is -1.10. The van der Waals surface area contributed by atoms with Crippen molar-refractivity contribution in [1.82, 2.24) is 0 Å². The third-order valence-electron chi connectivity index (χ3n) is 2.19. The van der Waals surface area contributed by atoms with Crippen LogP contribution in [0.25, 0.3) is 0 Å². The lowest BCUT2D eigenvalue weighted by molar-refractivity contribution is -0.0694. The number of aliphatic hydroxyl groups excluding tert-OH is 2. The Morgan fingerprint density at radius 1 is 1.19 bits per heavy atom. The van der Waals surface area contributed by atoms with Gasteiger partial charge in [0.05, 0.1) is 18.8 Å². The average Bonchev–Trinajstić information content (AvgIpc) is 2.30. The highest BCUT2D eigenvalue weighted by atomic mass is 16.7. The molecule has 0 saturated heterocycles. The molecule has 1 rings (SSSR count). The molecule has 0 bridgehead atoms. The van der Waals surface area contributed by atoms with Gasteiger partial charge in [0.25, 0.3) is 0 Å². The molecular formula is C12H18O4. The van der Waals surface area contributed by atoms with E-state index in [9.17, 15) is 10.2 Å². The molecule has 0 radical (unpaired) electrons. The van der Waals surface area contributed by atoms with Gasteiger partial charge < -0.3 is 19.7 Å². The van der Waals surface area contributed by atoms with Crippen LogP contribution in [0.1, 0.15) is 18.1 Å². The minimum absolute atomic E-state index is 0.151. The molecule has 0 aliphatic heterocycles. The van der Waals surface area contributed by atoms with E-state index < -0.39 is 12.2 Å². The summed E-state index contributed by atoms with van der Waals surface area (Å²) in [4.78, 5) is 0. The van der Waals surface area contributed by atoms with Crippen molar-refractivity contribution in [3.8, 4) is 0 Å². The Labute approximate surface area is 95.4 Å². The van der Waals surface area contributed by atoms with Crippen LogP contribution < -0.4 is 0 Å². The predicted molar refractivity (Wildman–Crippen MR) is 59.9 cm³/mol. The van der Waals surface area contributed by atoms with E-state index in [0.29, 0.717) is 0 Å². The number of hydrogen-bond donors (Lipinski definition) is 2. The Hall–Kier alpha value is -0.940. The fraction of sp³-hybridized carbons (Fsp3) is 0.500. The van der Waals surface area contributed by atoms with Gasteiger partial charge in [-0.15, -0.1) is 0 Å². The molecule has 0 heterocycles. The van der Waals surface area contributed by atoms with Gasteiger partial charge in [-0.3, -0.25) is 0 Å². The Kier molecular flexibility index (Phi) is 6.03. The normalized spacial score (nSPS) is 14.7. The first kappa shape index (κ1) is 13.1. The van der Waals surface area contributed by atoms with Crippen molar-refractivity contribution in [2.24, 2.45) is 0 Å². The van der Waals surface area contributed by atoms with Crippen molar-refractivity contribution in [2.75, 3.05) is 20.5 Å². The second-order valence-electron chi connectivity index (χ2n) is 3.59. The summed E-state index contributed by atoms with van der Waals surface area (Å²) in [7, 11) is 1.52. The molecule has 0 unspecified atom stereocenters. The van der Waals surface area contributed by atoms with Crippen molar-refractivity contribution in [2.45, 2.75) is 18.6 Å². The summed E-state index contributed by atoms with van der Waals surface area (Å²) in [5.41, 5.74) is 0.799. The van der Waals surface area contributed by atoms with Gasteiger partial charge in [0.15, 0.2) is 0 Å². The van der Waals surface area contributed by atoms with Crippen molar-refractivity contribution < 1.29 is 19.7 Å². The molecule has 0 saturated carbocycles. The Balaban J connectivity index is 2.31. The molecular weight excluding hydrogens is 208 g/mol. The summed E-state index contributed by atoms with van der Waals surface area (Å²) in [5.74, 6) is 0. The minimum atomic E-state index is -0.689. The van der Waals surface area contributed by atoms with Gasteiger partial charge in [0.2, 0.25) is 0 Å². The molecule has 1 aromatic rings. The lowest BCUT2D eigenvalue weighted by atomic mass is 10.0. The lowest BCUT2D eigenvalue weighted by Gasteiger charge is -2.15. The second-order valence-corrected chi connectivity index (χ2v) is 3.59. The standard InChI is InChI=1S/C12H18O4/c1-15-9-16-8-11(13)7-12(14)10-5-3-2-4-6-10/h2-6,11-14H,7-9H2,1H3/t11-,12+/m1/s1. The first-order valence-electron chi connectivity index (χ1n) is 5.21. The lowest BCUT2D eigenvalue weighted by Crippen LogP contribution is -2.19. The fourth-order valence-corrected chi connectivity index (χ4v) is 1.40. The van der Waals surface area contributed by atoms with E-state index in [4.69, 9.17) is 4.74 Å². The maximum Gasteiger partial charge on any atom is 0.146 e. The number of methoxy groups -OCH3 is 1. The van der Waals surface area contributed by atoms with Gasteiger partial charge in [-0.2, -0.15) is 0 Å². The summed E-state index contributed by atoms with van der Waals surface area (Å²) < 4.78 is 9.68. The third kappa shape index (κ3) is 4.72. The van der Waals surface area contributed by atoms with E-state index in [1.54, 1.807) is 0 Å². The monoisotopic (exact) mass is 226 g/mol. The fourth-order valence-electron chi connectivity index (χ4n) is 1.40. The predicted octanol–water partition coefficient (Wildman–Crippen LogP) is 1.09. The molecule has 0 spiro atoms. The van der Waals surface area contributed by atoms with E-state index in [1.807, 2.05) is 30.3 Å².